The van der Waals surface area contributed by atoms with Crippen molar-refractivity contribution >= 4 is 21.8 Å². The Bertz CT molecular complexity index is 423. The fourth-order valence-electron chi connectivity index (χ4n) is 2.33. The molecule has 1 fully saturated rings. The molecule has 0 radical (unpaired) electrons. The number of carbonyl (C=O) groups excluding carboxylic acids is 1. The Morgan fingerprint density at radius 3 is 3.17 bits per heavy atom. The largest absolute Gasteiger partial charge is 0.384 e. The number of hydrogen-bond donors (Lipinski definition) is 0. The number of nitrogens with zero attached hydrogens (tertiary/aromatic N) is 2. The fourth-order valence-corrected chi connectivity index (χ4v) is 2.70. The third-order valence-electron chi connectivity index (χ3n) is 3.16. The first kappa shape index (κ1) is 13.5. The van der Waals surface area contributed by atoms with E-state index >= 15 is 0 Å². The number of amides is 1. The summed E-state index contributed by atoms with van der Waals surface area (Å²) in [5, 5.41) is 0. The SMILES string of the molecule is COC[C@H]1CCCN(C(=O)c2cncc(Br)c2)C1. The highest BCUT2D eigenvalue weighted by Gasteiger charge is 2.24. The maximum absolute atomic E-state index is 12.3. The molecular weight excluding hydrogens is 296 g/mol. The van der Waals surface area contributed by atoms with Crippen LogP contribution in [0.1, 0.15) is 23.2 Å². The van der Waals surface area contributed by atoms with E-state index in [0.717, 1.165) is 37.0 Å². The Morgan fingerprint density at radius 1 is 1.61 bits per heavy atom. The summed E-state index contributed by atoms with van der Waals surface area (Å²) in [6, 6.07) is 1.81. The number of hydrogen-bond acceptors (Lipinski definition) is 3. The molecule has 1 amide bonds. The van der Waals surface area contributed by atoms with Gasteiger partial charge in [-0.2, -0.15) is 0 Å². The van der Waals surface area contributed by atoms with Gasteiger partial charge in [0.25, 0.3) is 5.91 Å². The van der Waals surface area contributed by atoms with E-state index in [1.807, 2.05) is 11.0 Å². The summed E-state index contributed by atoms with van der Waals surface area (Å²) < 4.78 is 6.01. The minimum absolute atomic E-state index is 0.0598. The molecule has 0 saturated carbocycles. The number of rotatable bonds is 3. The van der Waals surface area contributed by atoms with Crippen LogP contribution >= 0.6 is 15.9 Å². The summed E-state index contributed by atoms with van der Waals surface area (Å²) in [4.78, 5) is 18.3. The van der Waals surface area contributed by atoms with Gasteiger partial charge in [0.15, 0.2) is 0 Å². The lowest BCUT2D eigenvalue weighted by molar-refractivity contribution is 0.0570. The van der Waals surface area contributed by atoms with Crippen LogP contribution in [0.25, 0.3) is 0 Å². The minimum atomic E-state index is 0.0598. The zero-order chi connectivity index (χ0) is 13.0. The van der Waals surface area contributed by atoms with Crippen LogP contribution in [-0.2, 0) is 4.74 Å². The molecule has 2 rings (SSSR count). The Hall–Kier alpha value is -0.940. The summed E-state index contributed by atoms with van der Waals surface area (Å²) in [6.07, 6.45) is 5.48. The molecule has 1 aliphatic rings. The molecule has 0 spiro atoms. The van der Waals surface area contributed by atoms with E-state index in [0.29, 0.717) is 11.5 Å². The molecule has 4 nitrogen and oxygen atoms in total. The number of aromatic nitrogens is 1. The maximum Gasteiger partial charge on any atom is 0.255 e. The predicted molar refractivity (Wildman–Crippen MR) is 72.4 cm³/mol. The lowest BCUT2D eigenvalue weighted by Crippen LogP contribution is -2.41. The number of ether oxygens (including phenoxy) is 1. The minimum Gasteiger partial charge on any atom is -0.384 e. The van der Waals surface area contributed by atoms with Crippen molar-refractivity contribution < 1.29 is 9.53 Å². The van der Waals surface area contributed by atoms with Crippen molar-refractivity contribution in [2.75, 3.05) is 26.8 Å². The fraction of sp³-hybridized carbons (Fsp3) is 0.538. The number of carbonyl (C=O) groups is 1. The monoisotopic (exact) mass is 312 g/mol. The van der Waals surface area contributed by atoms with Crippen molar-refractivity contribution in [3.63, 3.8) is 0 Å². The molecule has 5 heteroatoms. The van der Waals surface area contributed by atoms with E-state index in [-0.39, 0.29) is 5.91 Å². The van der Waals surface area contributed by atoms with Crippen LogP contribution in [0, 0.1) is 5.92 Å². The van der Waals surface area contributed by atoms with Crippen LogP contribution < -0.4 is 0 Å². The highest BCUT2D eigenvalue weighted by molar-refractivity contribution is 9.10. The zero-order valence-corrected chi connectivity index (χ0v) is 12.0. The first-order valence-electron chi connectivity index (χ1n) is 6.09. The molecular formula is C13H17BrN2O2. The van der Waals surface area contributed by atoms with Crippen molar-refractivity contribution in [1.82, 2.24) is 9.88 Å². The average molecular weight is 313 g/mol. The van der Waals surface area contributed by atoms with Crippen LogP contribution in [-0.4, -0.2) is 42.6 Å². The predicted octanol–water partition coefficient (Wildman–Crippen LogP) is 2.34. The molecule has 0 unspecified atom stereocenters. The third-order valence-corrected chi connectivity index (χ3v) is 3.59. The third kappa shape index (κ3) is 3.29. The van der Waals surface area contributed by atoms with Crippen molar-refractivity contribution in [3.05, 3.63) is 28.5 Å². The van der Waals surface area contributed by atoms with Crippen molar-refractivity contribution in [1.29, 1.82) is 0 Å². The van der Waals surface area contributed by atoms with Gasteiger partial charge in [-0.05, 0) is 40.8 Å². The average Bonchev–Trinajstić information content (AvgIpc) is 2.39. The quantitative estimate of drug-likeness (QED) is 0.860. The summed E-state index contributed by atoms with van der Waals surface area (Å²) in [5.74, 6) is 0.511. The summed E-state index contributed by atoms with van der Waals surface area (Å²) in [7, 11) is 1.71. The Labute approximate surface area is 115 Å². The molecule has 1 aliphatic heterocycles. The highest BCUT2D eigenvalue weighted by atomic mass is 79.9. The Balaban J connectivity index is 2.04. The number of methoxy groups -OCH3 is 1. The molecule has 0 aliphatic carbocycles. The standard InChI is InChI=1S/C13H17BrN2O2/c1-18-9-10-3-2-4-16(8-10)13(17)11-5-12(14)7-15-6-11/h5-7,10H,2-4,8-9H2,1H3/t10-/m0/s1. The highest BCUT2D eigenvalue weighted by Crippen LogP contribution is 2.19. The maximum atomic E-state index is 12.3. The second-order valence-corrected chi connectivity index (χ2v) is 5.52. The molecule has 1 atom stereocenters. The van der Waals surface area contributed by atoms with Gasteiger partial charge in [-0.1, -0.05) is 0 Å². The molecule has 1 aromatic rings. The number of halogens is 1. The van der Waals surface area contributed by atoms with Gasteiger partial charge >= 0.3 is 0 Å². The van der Waals surface area contributed by atoms with Gasteiger partial charge in [0, 0.05) is 37.1 Å². The zero-order valence-electron chi connectivity index (χ0n) is 10.4. The van der Waals surface area contributed by atoms with E-state index in [1.54, 1.807) is 19.5 Å². The normalized spacial score (nSPS) is 19.9. The first-order valence-corrected chi connectivity index (χ1v) is 6.88. The van der Waals surface area contributed by atoms with Gasteiger partial charge in [-0.15, -0.1) is 0 Å². The molecule has 0 bridgehead atoms. The molecule has 0 aromatic carbocycles. The van der Waals surface area contributed by atoms with Crippen LogP contribution in [0.5, 0.6) is 0 Å². The summed E-state index contributed by atoms with van der Waals surface area (Å²) >= 11 is 3.34. The Kier molecular flexibility index (Phi) is 4.72. The van der Waals surface area contributed by atoms with Gasteiger partial charge in [0.05, 0.1) is 12.2 Å². The lowest BCUT2D eigenvalue weighted by atomic mass is 9.98. The molecule has 0 N–H and O–H groups in total. The first-order chi connectivity index (χ1) is 8.70. The van der Waals surface area contributed by atoms with Crippen LogP contribution in [0.2, 0.25) is 0 Å². The van der Waals surface area contributed by atoms with Gasteiger partial charge < -0.3 is 9.64 Å². The van der Waals surface area contributed by atoms with Gasteiger partial charge in [0.1, 0.15) is 0 Å². The van der Waals surface area contributed by atoms with E-state index in [2.05, 4.69) is 20.9 Å². The number of likely N-dealkylation sites (tertiary alicyclic amines) is 1. The number of piperidine rings is 1. The second-order valence-electron chi connectivity index (χ2n) is 4.61. The van der Waals surface area contributed by atoms with E-state index < -0.39 is 0 Å². The van der Waals surface area contributed by atoms with Gasteiger partial charge in [-0.3, -0.25) is 9.78 Å². The van der Waals surface area contributed by atoms with Gasteiger partial charge in [-0.25, -0.2) is 0 Å². The van der Waals surface area contributed by atoms with Crippen LogP contribution in [0.15, 0.2) is 22.9 Å². The second kappa shape index (κ2) is 6.29. The van der Waals surface area contributed by atoms with Crippen LogP contribution in [0.3, 0.4) is 0 Å². The Morgan fingerprint density at radius 2 is 2.44 bits per heavy atom. The number of pyridine rings is 1. The van der Waals surface area contributed by atoms with Crippen molar-refractivity contribution in [3.8, 4) is 0 Å². The molecule has 18 heavy (non-hydrogen) atoms. The molecule has 98 valence electrons. The molecule has 1 saturated heterocycles. The van der Waals surface area contributed by atoms with Crippen molar-refractivity contribution in [2.24, 2.45) is 5.92 Å². The molecule has 2 heterocycles. The summed E-state index contributed by atoms with van der Waals surface area (Å²) in [6.45, 7) is 2.32. The van der Waals surface area contributed by atoms with Crippen LogP contribution in [0.4, 0.5) is 0 Å². The smallest absolute Gasteiger partial charge is 0.255 e. The van der Waals surface area contributed by atoms with E-state index in [4.69, 9.17) is 4.74 Å². The molecule has 1 aromatic heterocycles. The van der Waals surface area contributed by atoms with Gasteiger partial charge in [0.2, 0.25) is 0 Å². The van der Waals surface area contributed by atoms with Crippen molar-refractivity contribution in [2.45, 2.75) is 12.8 Å². The summed E-state index contributed by atoms with van der Waals surface area (Å²) in [5.41, 5.74) is 0.641. The topological polar surface area (TPSA) is 42.4 Å². The lowest BCUT2D eigenvalue weighted by Gasteiger charge is -2.32. The van der Waals surface area contributed by atoms with E-state index in [1.165, 1.54) is 0 Å². The van der Waals surface area contributed by atoms with E-state index in [9.17, 15) is 4.79 Å².